The molecular formula is C52H33NO. The summed E-state index contributed by atoms with van der Waals surface area (Å²) in [6.07, 6.45) is 0. The van der Waals surface area contributed by atoms with Crippen LogP contribution in [0.3, 0.4) is 0 Å². The van der Waals surface area contributed by atoms with E-state index in [1.807, 2.05) is 0 Å². The van der Waals surface area contributed by atoms with Crippen LogP contribution in [-0.4, -0.2) is 0 Å². The summed E-state index contributed by atoms with van der Waals surface area (Å²) in [6, 6.07) is 72.2. The van der Waals surface area contributed by atoms with Crippen molar-refractivity contribution in [3.05, 3.63) is 200 Å². The molecule has 0 aliphatic heterocycles. The van der Waals surface area contributed by atoms with E-state index in [0.29, 0.717) is 0 Å². The van der Waals surface area contributed by atoms with Crippen molar-refractivity contribution in [3.63, 3.8) is 0 Å². The molecule has 0 fully saturated rings. The average Bonchev–Trinajstić information content (AvgIpc) is 3.64. The topological polar surface area (TPSA) is 16.4 Å². The lowest BCUT2D eigenvalue weighted by molar-refractivity contribution is 0.673. The van der Waals surface area contributed by atoms with Crippen LogP contribution in [0.4, 0.5) is 17.1 Å². The molecule has 0 atom stereocenters. The Morgan fingerprint density at radius 3 is 1.61 bits per heavy atom. The quantitative estimate of drug-likeness (QED) is 0.168. The van der Waals surface area contributed by atoms with E-state index in [9.17, 15) is 0 Å². The molecule has 0 saturated heterocycles. The molecule has 1 heterocycles. The molecule has 11 aromatic rings. The monoisotopic (exact) mass is 687 g/mol. The Labute approximate surface area is 312 Å². The first-order chi connectivity index (χ1) is 26.8. The van der Waals surface area contributed by atoms with Gasteiger partial charge in [-0.3, -0.25) is 0 Å². The number of fused-ring (bicyclic) bond motifs is 9. The molecule has 0 saturated carbocycles. The Bertz CT molecular complexity index is 3200. The first-order valence-corrected chi connectivity index (χ1v) is 18.5. The Hall–Kier alpha value is -7.16. The fourth-order valence-corrected chi connectivity index (χ4v) is 8.44. The maximum atomic E-state index is 6.95. The molecule has 0 aliphatic rings. The first-order valence-electron chi connectivity index (χ1n) is 18.5. The largest absolute Gasteiger partial charge is 0.453 e. The van der Waals surface area contributed by atoms with E-state index in [4.69, 9.17) is 4.42 Å². The van der Waals surface area contributed by atoms with Crippen molar-refractivity contribution in [2.75, 3.05) is 4.90 Å². The molecule has 0 amide bonds. The lowest BCUT2D eigenvalue weighted by atomic mass is 9.96. The molecule has 10 aromatic carbocycles. The van der Waals surface area contributed by atoms with Gasteiger partial charge in [-0.25, -0.2) is 0 Å². The molecule has 2 nitrogen and oxygen atoms in total. The molecule has 54 heavy (non-hydrogen) atoms. The zero-order chi connectivity index (χ0) is 35.6. The molecule has 1 aromatic heterocycles. The van der Waals surface area contributed by atoms with Crippen molar-refractivity contribution in [3.8, 4) is 22.3 Å². The minimum Gasteiger partial charge on any atom is -0.453 e. The maximum Gasteiger partial charge on any atom is 0.159 e. The Kier molecular flexibility index (Phi) is 6.90. The SMILES string of the molecule is c1ccc2c(-c3ccc(-c4ccc(N(c5cc6ccccc6c6ccccc56)c5cccc6c5oc5c7ccccc7ccc65)cc4)cc3)cccc2c1. The molecular weight excluding hydrogens is 655 g/mol. The van der Waals surface area contributed by atoms with E-state index in [1.165, 1.54) is 60.0 Å². The van der Waals surface area contributed by atoms with Crippen LogP contribution in [0.15, 0.2) is 205 Å². The summed E-state index contributed by atoms with van der Waals surface area (Å²) in [6.45, 7) is 0. The summed E-state index contributed by atoms with van der Waals surface area (Å²) in [7, 11) is 0. The number of anilines is 3. The third kappa shape index (κ3) is 4.81. The summed E-state index contributed by atoms with van der Waals surface area (Å²) in [4.78, 5) is 2.38. The Balaban J connectivity index is 1.09. The zero-order valence-corrected chi connectivity index (χ0v) is 29.4. The summed E-state index contributed by atoms with van der Waals surface area (Å²) < 4.78 is 6.95. The molecule has 0 radical (unpaired) electrons. The van der Waals surface area contributed by atoms with Gasteiger partial charge in [-0.2, -0.15) is 0 Å². The van der Waals surface area contributed by atoms with Crippen LogP contribution < -0.4 is 4.90 Å². The van der Waals surface area contributed by atoms with Crippen LogP contribution in [0, 0.1) is 0 Å². The molecule has 252 valence electrons. The third-order valence-electron chi connectivity index (χ3n) is 11.0. The second-order valence-electron chi connectivity index (χ2n) is 14.1. The predicted molar refractivity (Wildman–Crippen MR) is 229 cm³/mol. The molecule has 0 bridgehead atoms. The van der Waals surface area contributed by atoms with Crippen LogP contribution in [0.25, 0.3) is 87.3 Å². The van der Waals surface area contributed by atoms with Gasteiger partial charge in [-0.15, -0.1) is 0 Å². The molecule has 0 N–H and O–H groups in total. The molecule has 0 aliphatic carbocycles. The van der Waals surface area contributed by atoms with E-state index in [-0.39, 0.29) is 0 Å². The van der Waals surface area contributed by atoms with Crippen molar-refractivity contribution in [1.29, 1.82) is 0 Å². The first kappa shape index (κ1) is 30.5. The van der Waals surface area contributed by atoms with E-state index in [0.717, 1.165) is 44.4 Å². The van der Waals surface area contributed by atoms with E-state index < -0.39 is 0 Å². The highest BCUT2D eigenvalue weighted by Gasteiger charge is 2.22. The van der Waals surface area contributed by atoms with Gasteiger partial charge in [-0.05, 0) is 84.9 Å². The molecule has 0 spiro atoms. The van der Waals surface area contributed by atoms with Crippen LogP contribution in [0.1, 0.15) is 0 Å². The predicted octanol–water partition coefficient (Wildman–Crippen LogP) is 15.0. The normalized spacial score (nSPS) is 11.7. The minimum atomic E-state index is 0.870. The fraction of sp³-hybridized carbons (Fsp3) is 0. The van der Waals surface area contributed by atoms with Gasteiger partial charge < -0.3 is 9.32 Å². The van der Waals surface area contributed by atoms with Gasteiger partial charge >= 0.3 is 0 Å². The third-order valence-corrected chi connectivity index (χ3v) is 11.0. The van der Waals surface area contributed by atoms with Gasteiger partial charge in [0, 0.05) is 27.2 Å². The molecule has 2 heteroatoms. The highest BCUT2D eigenvalue weighted by atomic mass is 16.3. The number of benzene rings is 10. The van der Waals surface area contributed by atoms with Crippen LogP contribution in [-0.2, 0) is 0 Å². The molecule has 11 rings (SSSR count). The number of nitrogens with zero attached hydrogens (tertiary/aromatic N) is 1. The lowest BCUT2D eigenvalue weighted by Crippen LogP contribution is -2.11. The van der Waals surface area contributed by atoms with Crippen molar-refractivity contribution >= 4 is 82.1 Å². The van der Waals surface area contributed by atoms with Gasteiger partial charge in [0.1, 0.15) is 5.58 Å². The molecule has 0 unspecified atom stereocenters. The van der Waals surface area contributed by atoms with E-state index in [2.05, 4.69) is 205 Å². The maximum absolute atomic E-state index is 6.95. The van der Waals surface area contributed by atoms with Crippen molar-refractivity contribution in [2.45, 2.75) is 0 Å². The lowest BCUT2D eigenvalue weighted by Gasteiger charge is -2.27. The minimum absolute atomic E-state index is 0.870. The van der Waals surface area contributed by atoms with Crippen molar-refractivity contribution < 1.29 is 4.42 Å². The Morgan fingerprint density at radius 1 is 0.296 bits per heavy atom. The van der Waals surface area contributed by atoms with Gasteiger partial charge in [0.05, 0.1) is 11.4 Å². The van der Waals surface area contributed by atoms with E-state index in [1.54, 1.807) is 0 Å². The van der Waals surface area contributed by atoms with Gasteiger partial charge in [0.25, 0.3) is 0 Å². The number of furan rings is 1. The van der Waals surface area contributed by atoms with Gasteiger partial charge in [-0.1, -0.05) is 170 Å². The number of para-hydroxylation sites is 1. The van der Waals surface area contributed by atoms with E-state index >= 15 is 0 Å². The smallest absolute Gasteiger partial charge is 0.159 e. The number of hydrogen-bond acceptors (Lipinski definition) is 2. The summed E-state index contributed by atoms with van der Waals surface area (Å²) in [5, 5.41) is 11.9. The van der Waals surface area contributed by atoms with Gasteiger partial charge in [0.15, 0.2) is 5.58 Å². The highest BCUT2D eigenvalue weighted by molar-refractivity contribution is 6.19. The van der Waals surface area contributed by atoms with Crippen molar-refractivity contribution in [1.82, 2.24) is 0 Å². The van der Waals surface area contributed by atoms with Gasteiger partial charge in [0.2, 0.25) is 0 Å². The summed E-state index contributed by atoms with van der Waals surface area (Å²) >= 11 is 0. The van der Waals surface area contributed by atoms with Crippen LogP contribution >= 0.6 is 0 Å². The zero-order valence-electron chi connectivity index (χ0n) is 29.4. The second-order valence-corrected chi connectivity index (χ2v) is 14.1. The van der Waals surface area contributed by atoms with Crippen LogP contribution in [0.2, 0.25) is 0 Å². The highest BCUT2D eigenvalue weighted by Crippen LogP contribution is 2.47. The Morgan fingerprint density at radius 2 is 0.833 bits per heavy atom. The fourth-order valence-electron chi connectivity index (χ4n) is 8.44. The summed E-state index contributed by atoms with van der Waals surface area (Å²) in [5.74, 6) is 0. The standard InChI is InChI=1S/C52H33NO/c1-4-15-41-36(11-1)14-9-20-42(41)38-25-23-34(24-26-38)35-27-30-40(31-28-35)53(50-33-39-13-3-5-16-43(39)45-18-7-8-19-46(45)50)49-22-10-21-47-48-32-29-37-12-2-6-17-44(37)51(48)54-52(47)49/h1-33H. The average molecular weight is 688 g/mol. The second kappa shape index (κ2) is 12.2. The van der Waals surface area contributed by atoms with Crippen LogP contribution in [0.5, 0.6) is 0 Å². The number of rotatable bonds is 5. The number of hydrogen-bond donors (Lipinski definition) is 0. The summed E-state index contributed by atoms with van der Waals surface area (Å²) in [5.41, 5.74) is 9.77. The van der Waals surface area contributed by atoms with Crippen molar-refractivity contribution in [2.24, 2.45) is 0 Å².